The lowest BCUT2D eigenvalue weighted by atomic mass is 10.0. The van der Waals surface area contributed by atoms with Gasteiger partial charge in [-0.25, -0.2) is 0 Å². The van der Waals surface area contributed by atoms with Crippen molar-refractivity contribution in [3.63, 3.8) is 0 Å². The molecule has 0 unspecified atom stereocenters. The Kier molecular flexibility index (Phi) is 5.54. The maximum atomic E-state index is 12.6. The maximum Gasteiger partial charge on any atom is 0.279 e. The summed E-state index contributed by atoms with van der Waals surface area (Å²) in [6.07, 6.45) is 1.08. The van der Waals surface area contributed by atoms with E-state index in [2.05, 4.69) is 4.99 Å². The van der Waals surface area contributed by atoms with Crippen LogP contribution in [-0.4, -0.2) is 30.7 Å². The molecule has 1 aliphatic rings. The number of ether oxygens (including phenoxy) is 2. The second-order valence-electron chi connectivity index (χ2n) is 6.08. The van der Waals surface area contributed by atoms with Crippen molar-refractivity contribution in [2.45, 2.75) is 26.7 Å². The standard InChI is InChI=1S/C21H22N2O4/c1-3-26-18-11-8-13(12-19(18)27-4-2)21(25)23-20(22)16-7-5-6-15-14(16)9-10-17(15)24/h5-8,11-12H,3-4,9-10H2,1-2H3,(H2,22,23,25). The van der Waals surface area contributed by atoms with E-state index in [1.54, 1.807) is 36.4 Å². The second kappa shape index (κ2) is 8.03. The fourth-order valence-electron chi connectivity index (χ4n) is 3.15. The SMILES string of the molecule is CCOc1ccc(C(=O)N=C(N)c2cccc3c2CCC3=O)cc1OCC. The van der Waals surface area contributed by atoms with Gasteiger partial charge in [-0.3, -0.25) is 9.59 Å². The van der Waals surface area contributed by atoms with Crippen LogP contribution in [0.3, 0.4) is 0 Å². The lowest BCUT2D eigenvalue weighted by molar-refractivity contribution is 0.0989. The molecule has 0 aromatic heterocycles. The Balaban J connectivity index is 1.91. The molecule has 3 rings (SSSR count). The number of hydrogen-bond donors (Lipinski definition) is 1. The first kappa shape index (κ1) is 18.6. The first-order valence-corrected chi connectivity index (χ1v) is 8.98. The fraction of sp³-hybridized carbons (Fsp3) is 0.286. The van der Waals surface area contributed by atoms with Gasteiger partial charge in [0.25, 0.3) is 5.91 Å². The zero-order valence-corrected chi connectivity index (χ0v) is 15.5. The van der Waals surface area contributed by atoms with Gasteiger partial charge in [0.15, 0.2) is 17.3 Å². The lowest BCUT2D eigenvalue weighted by Gasteiger charge is -2.11. The molecule has 0 atom stereocenters. The molecule has 2 aromatic carbocycles. The van der Waals surface area contributed by atoms with E-state index in [1.165, 1.54) is 0 Å². The van der Waals surface area contributed by atoms with Crippen molar-refractivity contribution >= 4 is 17.5 Å². The number of carbonyl (C=O) groups excluding carboxylic acids is 2. The van der Waals surface area contributed by atoms with E-state index in [9.17, 15) is 9.59 Å². The number of benzene rings is 2. The largest absolute Gasteiger partial charge is 0.490 e. The summed E-state index contributed by atoms with van der Waals surface area (Å²) in [6.45, 7) is 4.68. The van der Waals surface area contributed by atoms with Gasteiger partial charge >= 0.3 is 0 Å². The Labute approximate surface area is 158 Å². The van der Waals surface area contributed by atoms with Crippen LogP contribution in [0.5, 0.6) is 11.5 Å². The second-order valence-corrected chi connectivity index (χ2v) is 6.08. The van der Waals surface area contributed by atoms with Crippen LogP contribution in [0.4, 0.5) is 0 Å². The van der Waals surface area contributed by atoms with Gasteiger partial charge in [-0.2, -0.15) is 4.99 Å². The molecule has 0 radical (unpaired) electrons. The average Bonchev–Trinajstić information content (AvgIpc) is 3.04. The van der Waals surface area contributed by atoms with E-state index in [-0.39, 0.29) is 11.6 Å². The molecule has 27 heavy (non-hydrogen) atoms. The Hall–Kier alpha value is -3.15. The Morgan fingerprint density at radius 1 is 1.07 bits per heavy atom. The highest BCUT2D eigenvalue weighted by Crippen LogP contribution is 2.29. The molecular formula is C21H22N2O4. The Morgan fingerprint density at radius 3 is 2.56 bits per heavy atom. The van der Waals surface area contributed by atoms with Crippen molar-refractivity contribution in [3.05, 3.63) is 58.7 Å². The van der Waals surface area contributed by atoms with Crippen LogP contribution in [0.15, 0.2) is 41.4 Å². The van der Waals surface area contributed by atoms with Gasteiger partial charge in [0.05, 0.1) is 13.2 Å². The fourth-order valence-corrected chi connectivity index (χ4v) is 3.15. The summed E-state index contributed by atoms with van der Waals surface area (Å²) < 4.78 is 11.1. The average molecular weight is 366 g/mol. The molecule has 2 aromatic rings. The van der Waals surface area contributed by atoms with E-state index in [0.717, 1.165) is 5.56 Å². The Morgan fingerprint density at radius 2 is 1.81 bits per heavy atom. The smallest absolute Gasteiger partial charge is 0.279 e. The highest BCUT2D eigenvalue weighted by atomic mass is 16.5. The van der Waals surface area contributed by atoms with Crippen molar-refractivity contribution in [1.29, 1.82) is 0 Å². The number of hydrogen-bond acceptors (Lipinski definition) is 4. The molecule has 0 heterocycles. The number of amidine groups is 1. The van der Waals surface area contributed by atoms with Crippen LogP contribution in [0, 0.1) is 0 Å². The predicted octanol–water partition coefficient (Wildman–Crippen LogP) is 3.16. The number of aliphatic imine (C=N–C) groups is 1. The number of amides is 1. The highest BCUT2D eigenvalue weighted by molar-refractivity contribution is 6.12. The third-order valence-electron chi connectivity index (χ3n) is 4.37. The van der Waals surface area contributed by atoms with Crippen LogP contribution in [0.1, 0.15) is 52.1 Å². The van der Waals surface area contributed by atoms with Crippen LogP contribution in [0.2, 0.25) is 0 Å². The number of Topliss-reactive ketones (excluding diaryl/α,β-unsaturated/α-hetero) is 1. The molecule has 0 aliphatic heterocycles. The van der Waals surface area contributed by atoms with Gasteiger partial charge in [0, 0.05) is 23.1 Å². The molecule has 0 fully saturated rings. The van der Waals surface area contributed by atoms with Crippen LogP contribution in [-0.2, 0) is 6.42 Å². The van der Waals surface area contributed by atoms with Crippen LogP contribution < -0.4 is 15.2 Å². The summed E-state index contributed by atoms with van der Waals surface area (Å²) in [5, 5.41) is 0. The van der Waals surface area contributed by atoms with Crippen molar-refractivity contribution in [2.24, 2.45) is 10.7 Å². The van der Waals surface area contributed by atoms with Gasteiger partial charge in [0.2, 0.25) is 0 Å². The normalized spacial score (nSPS) is 13.4. The summed E-state index contributed by atoms with van der Waals surface area (Å²) in [5.74, 6) is 0.799. The van der Waals surface area contributed by atoms with Gasteiger partial charge < -0.3 is 15.2 Å². The molecule has 0 spiro atoms. The molecular weight excluding hydrogens is 344 g/mol. The van der Waals surface area contributed by atoms with Crippen molar-refractivity contribution in [1.82, 2.24) is 0 Å². The molecule has 0 bridgehead atoms. The maximum absolute atomic E-state index is 12.6. The first-order chi connectivity index (χ1) is 13.0. The first-order valence-electron chi connectivity index (χ1n) is 8.98. The topological polar surface area (TPSA) is 91.0 Å². The molecule has 2 N–H and O–H groups in total. The molecule has 6 heteroatoms. The van der Waals surface area contributed by atoms with Crippen molar-refractivity contribution < 1.29 is 19.1 Å². The van der Waals surface area contributed by atoms with E-state index >= 15 is 0 Å². The number of rotatable bonds is 6. The highest BCUT2D eigenvalue weighted by Gasteiger charge is 2.23. The summed E-state index contributed by atoms with van der Waals surface area (Å²) in [5.41, 5.74) is 8.61. The van der Waals surface area contributed by atoms with Crippen molar-refractivity contribution in [3.8, 4) is 11.5 Å². The number of nitrogens with zero attached hydrogens (tertiary/aromatic N) is 1. The molecule has 6 nitrogen and oxygen atoms in total. The number of nitrogens with two attached hydrogens (primary N) is 1. The molecule has 0 saturated carbocycles. The molecule has 140 valence electrons. The zero-order valence-electron chi connectivity index (χ0n) is 15.5. The number of fused-ring (bicyclic) bond motifs is 1. The number of ketones is 1. The van der Waals surface area contributed by atoms with E-state index in [1.807, 2.05) is 13.8 Å². The lowest BCUT2D eigenvalue weighted by Crippen LogP contribution is -2.18. The summed E-state index contributed by atoms with van der Waals surface area (Å²) >= 11 is 0. The predicted molar refractivity (Wildman–Crippen MR) is 103 cm³/mol. The van der Waals surface area contributed by atoms with Crippen LogP contribution >= 0.6 is 0 Å². The van der Waals surface area contributed by atoms with Crippen LogP contribution in [0.25, 0.3) is 0 Å². The summed E-state index contributed by atoms with van der Waals surface area (Å²) in [4.78, 5) is 28.5. The van der Waals surface area contributed by atoms with Gasteiger partial charge in [0.1, 0.15) is 5.84 Å². The number of carbonyl (C=O) groups is 2. The van der Waals surface area contributed by atoms with Crippen molar-refractivity contribution in [2.75, 3.05) is 13.2 Å². The minimum absolute atomic E-state index is 0.0962. The minimum atomic E-state index is -0.474. The minimum Gasteiger partial charge on any atom is -0.490 e. The monoisotopic (exact) mass is 366 g/mol. The summed E-state index contributed by atoms with van der Waals surface area (Å²) in [7, 11) is 0. The third-order valence-corrected chi connectivity index (χ3v) is 4.37. The van der Waals surface area contributed by atoms with E-state index < -0.39 is 5.91 Å². The summed E-state index contributed by atoms with van der Waals surface area (Å²) in [6, 6.07) is 10.2. The Bertz CT molecular complexity index is 918. The van der Waals surface area contributed by atoms with Gasteiger partial charge in [-0.1, -0.05) is 18.2 Å². The third kappa shape index (κ3) is 3.84. The molecule has 0 saturated heterocycles. The molecule has 1 amide bonds. The van der Waals surface area contributed by atoms with Gasteiger partial charge in [-0.15, -0.1) is 0 Å². The van der Waals surface area contributed by atoms with E-state index in [4.69, 9.17) is 15.2 Å². The molecule has 1 aliphatic carbocycles. The van der Waals surface area contributed by atoms with E-state index in [0.29, 0.717) is 54.2 Å². The zero-order chi connectivity index (χ0) is 19.4. The quantitative estimate of drug-likeness (QED) is 0.626. The van der Waals surface area contributed by atoms with Gasteiger partial charge in [-0.05, 0) is 44.0 Å².